The van der Waals surface area contributed by atoms with Gasteiger partial charge >= 0.3 is 0 Å². The minimum Gasteiger partial charge on any atom is -0.497 e. The van der Waals surface area contributed by atoms with Crippen LogP contribution in [0.25, 0.3) is 16.7 Å². The number of hydrogen-bond donors (Lipinski definition) is 2. The molecule has 2 N–H and O–H groups in total. The van der Waals surface area contributed by atoms with Gasteiger partial charge in [-0.05, 0) is 61.6 Å². The Morgan fingerprint density at radius 2 is 2.08 bits per heavy atom. The predicted octanol–water partition coefficient (Wildman–Crippen LogP) is 4.54. The van der Waals surface area contributed by atoms with Crippen molar-refractivity contribution in [1.29, 1.82) is 0 Å². The van der Waals surface area contributed by atoms with Crippen LogP contribution in [-0.4, -0.2) is 42.8 Å². The first kappa shape index (κ1) is 25.9. The van der Waals surface area contributed by atoms with Crippen LogP contribution in [0.15, 0.2) is 64.2 Å². The van der Waals surface area contributed by atoms with E-state index in [-0.39, 0.29) is 0 Å². The quantitative estimate of drug-likeness (QED) is 0.418. The number of pyridine rings is 1. The number of carbonyl (C=O) groups excluding carboxylic acids is 2. The van der Waals surface area contributed by atoms with Crippen LogP contribution in [-0.2, 0) is 16.0 Å². The number of nitrogens with zero attached hydrogens (tertiary/aromatic N) is 2. The van der Waals surface area contributed by atoms with E-state index >= 15 is 0 Å². The molecule has 37 heavy (non-hydrogen) atoms. The van der Waals surface area contributed by atoms with E-state index in [0.717, 1.165) is 52.5 Å². The van der Waals surface area contributed by atoms with Crippen molar-refractivity contribution in [2.75, 3.05) is 20.2 Å². The summed E-state index contributed by atoms with van der Waals surface area (Å²) in [6.07, 6.45) is 4.65. The maximum atomic E-state index is 13.1. The first-order valence-corrected chi connectivity index (χ1v) is 12.3. The number of benzene rings is 1. The van der Waals surface area contributed by atoms with Gasteiger partial charge in [-0.15, -0.1) is 0 Å². The zero-order chi connectivity index (χ0) is 26.5. The fourth-order valence-electron chi connectivity index (χ4n) is 4.40. The Balaban J connectivity index is 1.62. The van der Waals surface area contributed by atoms with Gasteiger partial charge < -0.3 is 14.5 Å². The second-order valence-corrected chi connectivity index (χ2v) is 9.14. The summed E-state index contributed by atoms with van der Waals surface area (Å²) in [5, 5.41) is 5.63. The van der Waals surface area contributed by atoms with E-state index in [2.05, 4.69) is 27.2 Å². The summed E-state index contributed by atoms with van der Waals surface area (Å²) in [5.41, 5.74) is 6.10. The maximum Gasteiger partial charge on any atom is 0.237 e. The average molecular weight is 501 g/mol. The molecule has 1 aliphatic rings. The Morgan fingerprint density at radius 1 is 1.27 bits per heavy atom. The molecule has 0 saturated carbocycles. The van der Waals surface area contributed by atoms with Crippen molar-refractivity contribution in [1.82, 2.24) is 15.6 Å². The Kier molecular flexibility index (Phi) is 7.86. The number of fused-ring (bicyclic) bond motifs is 1. The van der Waals surface area contributed by atoms with Gasteiger partial charge in [0.15, 0.2) is 5.58 Å². The van der Waals surface area contributed by atoms with Crippen molar-refractivity contribution in [2.45, 2.75) is 39.5 Å². The number of imide groups is 1. The van der Waals surface area contributed by atoms with Crippen LogP contribution in [0.5, 0.6) is 5.75 Å². The third-order valence-corrected chi connectivity index (χ3v) is 6.40. The van der Waals surface area contributed by atoms with Gasteiger partial charge in [0.1, 0.15) is 28.8 Å². The van der Waals surface area contributed by atoms with Crippen LogP contribution in [0, 0.1) is 0 Å². The summed E-state index contributed by atoms with van der Waals surface area (Å²) in [6.45, 7) is 11.1. The van der Waals surface area contributed by atoms with Crippen LogP contribution < -0.4 is 15.4 Å². The van der Waals surface area contributed by atoms with Gasteiger partial charge in [0.25, 0.3) is 0 Å². The number of rotatable bonds is 9. The minimum atomic E-state index is -0.736. The van der Waals surface area contributed by atoms with Crippen LogP contribution >= 0.6 is 0 Å². The number of furan rings is 1. The molecule has 4 rings (SSSR count). The lowest BCUT2D eigenvalue weighted by atomic mass is 9.90. The third kappa shape index (κ3) is 5.97. The molecule has 0 saturated heterocycles. The Hall–Kier alpha value is -4.20. The highest BCUT2D eigenvalue weighted by atomic mass is 16.5. The molecule has 2 aromatic heterocycles. The average Bonchev–Trinajstić information content (AvgIpc) is 3.56. The smallest absolute Gasteiger partial charge is 0.237 e. The number of ether oxygens (including phenoxy) is 1. The van der Waals surface area contributed by atoms with E-state index in [9.17, 15) is 9.59 Å². The van der Waals surface area contributed by atoms with Crippen LogP contribution in [0.2, 0.25) is 0 Å². The van der Waals surface area contributed by atoms with Crippen LogP contribution in [0.4, 0.5) is 0 Å². The highest BCUT2D eigenvalue weighted by Gasteiger charge is 2.27. The molecule has 192 valence electrons. The van der Waals surface area contributed by atoms with E-state index in [1.54, 1.807) is 19.4 Å². The number of amides is 2. The lowest BCUT2D eigenvalue weighted by molar-refractivity contribution is -0.130. The molecular weight excluding hydrogens is 468 g/mol. The fourth-order valence-corrected chi connectivity index (χ4v) is 4.40. The number of amidine groups is 1. The second-order valence-electron chi connectivity index (χ2n) is 9.14. The molecule has 1 atom stereocenters. The minimum absolute atomic E-state index is 0.306. The van der Waals surface area contributed by atoms with Gasteiger partial charge in [-0.25, -0.2) is 0 Å². The van der Waals surface area contributed by atoms with E-state index in [1.165, 1.54) is 6.92 Å². The molecule has 1 unspecified atom stereocenters. The molecule has 1 aromatic carbocycles. The molecule has 0 bridgehead atoms. The summed E-state index contributed by atoms with van der Waals surface area (Å²) in [5.74, 6) is 0.384. The Bertz CT molecular complexity index is 1420. The van der Waals surface area contributed by atoms with Crippen molar-refractivity contribution in [3.63, 3.8) is 0 Å². The van der Waals surface area contributed by atoms with E-state index < -0.39 is 17.7 Å². The van der Waals surface area contributed by atoms with Gasteiger partial charge in [0.05, 0.1) is 13.7 Å². The molecule has 0 radical (unpaired) electrons. The number of aliphatic imine (C=N–C) groups is 1. The lowest BCUT2D eigenvalue weighted by Crippen LogP contribution is -2.33. The summed E-state index contributed by atoms with van der Waals surface area (Å²) < 4.78 is 11.5. The van der Waals surface area contributed by atoms with E-state index in [4.69, 9.17) is 9.15 Å². The summed E-state index contributed by atoms with van der Waals surface area (Å²) in [6, 6.07) is 9.55. The molecule has 8 heteroatoms. The van der Waals surface area contributed by atoms with Crippen LogP contribution in [0.1, 0.15) is 55.6 Å². The number of nitrogens with one attached hydrogen (secondary N) is 2. The first-order chi connectivity index (χ1) is 17.8. The Morgan fingerprint density at radius 3 is 2.76 bits per heavy atom. The maximum absolute atomic E-state index is 13.1. The highest BCUT2D eigenvalue weighted by molar-refractivity contribution is 6.01. The zero-order valence-electron chi connectivity index (χ0n) is 21.7. The van der Waals surface area contributed by atoms with Crippen LogP contribution in [0.3, 0.4) is 0 Å². The molecule has 1 aliphatic heterocycles. The molecule has 8 nitrogen and oxygen atoms in total. The Labute approximate surface area is 216 Å². The molecule has 2 amide bonds. The lowest BCUT2D eigenvalue weighted by Gasteiger charge is -2.17. The summed E-state index contributed by atoms with van der Waals surface area (Å²) >= 11 is 0. The first-order valence-electron chi connectivity index (χ1n) is 12.3. The number of allylic oxidation sites excluding steroid dienone is 3. The molecule has 3 heterocycles. The van der Waals surface area contributed by atoms with E-state index in [1.807, 2.05) is 44.2 Å². The zero-order valence-corrected chi connectivity index (χ0v) is 21.7. The van der Waals surface area contributed by atoms with Crippen molar-refractivity contribution in [2.24, 2.45) is 4.99 Å². The topological polar surface area (TPSA) is 106 Å². The van der Waals surface area contributed by atoms with Gasteiger partial charge in [-0.1, -0.05) is 24.3 Å². The van der Waals surface area contributed by atoms with Crippen molar-refractivity contribution >= 4 is 34.3 Å². The number of hydrogen-bond acceptors (Lipinski definition) is 7. The molecule has 0 spiro atoms. The highest BCUT2D eigenvalue weighted by Crippen LogP contribution is 2.32. The van der Waals surface area contributed by atoms with Gasteiger partial charge in [0, 0.05) is 31.3 Å². The van der Waals surface area contributed by atoms with Crippen molar-refractivity contribution in [3.05, 3.63) is 77.2 Å². The monoisotopic (exact) mass is 500 g/mol. The summed E-state index contributed by atoms with van der Waals surface area (Å²) in [7, 11) is 1.64. The third-order valence-electron chi connectivity index (χ3n) is 6.40. The number of methoxy groups -OCH3 is 1. The van der Waals surface area contributed by atoms with E-state index in [0.29, 0.717) is 29.7 Å². The normalized spacial score (nSPS) is 14.2. The second kappa shape index (κ2) is 11.2. The largest absolute Gasteiger partial charge is 0.497 e. The molecule has 0 aliphatic carbocycles. The predicted molar refractivity (Wildman–Crippen MR) is 145 cm³/mol. The van der Waals surface area contributed by atoms with Gasteiger partial charge in [-0.3, -0.25) is 24.9 Å². The molecular formula is C29H32N4O4. The van der Waals surface area contributed by atoms with Gasteiger partial charge in [0.2, 0.25) is 11.8 Å². The van der Waals surface area contributed by atoms with Crippen molar-refractivity contribution in [3.8, 4) is 5.75 Å². The standard InChI is InChI=1S/C29H32N4O4/c1-6-18(3)23-14-22(36-5)8-7-20(23)11-17(2)12-24(29(35)33-19(4)34)26-15-25-27(37-26)13-21(16-32-25)28-30-9-10-31-28/h6-8,13-16,24H,2,9-12H2,1,3-5H3,(H,30,31)(H,33,34,35). The number of aromatic nitrogens is 1. The number of carbonyl (C=O) groups is 2. The fraction of sp³-hybridized carbons (Fsp3) is 0.310. The molecule has 0 fully saturated rings. The van der Waals surface area contributed by atoms with Gasteiger partial charge in [-0.2, -0.15) is 0 Å². The molecule has 3 aromatic rings. The SMILES string of the molecule is C=C(Cc1ccc(OC)cc1C(C)=CC)CC(C(=O)NC(C)=O)c1cc2ncc(C3=NCCN3)cc2o1. The summed E-state index contributed by atoms with van der Waals surface area (Å²) in [4.78, 5) is 33.7. The van der Waals surface area contributed by atoms with Crippen molar-refractivity contribution < 1.29 is 18.7 Å².